The molecule has 1 aliphatic rings. The average molecular weight is 862 g/mol. The van der Waals surface area contributed by atoms with E-state index in [9.17, 15) is 0 Å². The lowest BCUT2D eigenvalue weighted by Crippen LogP contribution is -2.17. The predicted octanol–water partition coefficient (Wildman–Crippen LogP) is 16.8. The fraction of sp³-hybridized carbons (Fsp3) is 0.0492. The summed E-state index contributed by atoms with van der Waals surface area (Å²) in [5, 5.41) is 14.3. The highest BCUT2D eigenvalue weighted by molar-refractivity contribution is 7.25. The first-order valence-corrected chi connectivity index (χ1v) is 23.5. The summed E-state index contributed by atoms with van der Waals surface area (Å²) in [4.78, 5) is 11.4. The third kappa shape index (κ3) is 5.70. The van der Waals surface area contributed by atoms with E-state index in [-0.39, 0.29) is 5.92 Å². The maximum Gasteiger partial charge on any atom is 0.160 e. The van der Waals surface area contributed by atoms with Gasteiger partial charge in [0.25, 0.3) is 0 Å². The molecular formula is C61H39N3OS. The summed E-state index contributed by atoms with van der Waals surface area (Å²) >= 11 is 1.83. The molecule has 1 aliphatic heterocycles. The number of thiophene rings is 1. The van der Waals surface area contributed by atoms with Gasteiger partial charge in [0, 0.05) is 58.8 Å². The molecule has 0 radical (unpaired) electrons. The number of nitrogens with zero attached hydrogens (tertiary/aromatic N) is 3. The maximum absolute atomic E-state index is 7.10. The Morgan fingerprint density at radius 3 is 2.05 bits per heavy atom. The van der Waals surface area contributed by atoms with Crippen molar-refractivity contribution in [3.8, 4) is 5.69 Å². The average Bonchev–Trinajstić information content (AvgIpc) is 4.04. The second-order valence-corrected chi connectivity index (χ2v) is 18.8. The summed E-state index contributed by atoms with van der Waals surface area (Å²) in [7, 11) is 0. The van der Waals surface area contributed by atoms with Crippen LogP contribution in [0.1, 0.15) is 30.0 Å². The minimum absolute atomic E-state index is 0.109. The normalized spacial score (nSPS) is 15.6. The minimum atomic E-state index is 0.109. The third-order valence-electron chi connectivity index (χ3n) is 13.8. The topological polar surface area (TPSA) is 42.8 Å². The molecule has 0 bridgehead atoms. The first kappa shape index (κ1) is 37.3. The zero-order valence-corrected chi connectivity index (χ0v) is 36.8. The predicted molar refractivity (Wildman–Crippen MR) is 281 cm³/mol. The number of furan rings is 1. The largest absolute Gasteiger partial charge is 0.454 e. The maximum atomic E-state index is 7.10. The highest BCUT2D eigenvalue weighted by Crippen LogP contribution is 2.44. The molecule has 14 rings (SSSR count). The number of para-hydroxylation sites is 1. The summed E-state index contributed by atoms with van der Waals surface area (Å²) < 4.78 is 12.1. The Bertz CT molecular complexity index is 4290. The molecule has 66 heavy (non-hydrogen) atoms. The van der Waals surface area contributed by atoms with Gasteiger partial charge in [-0.15, -0.1) is 11.3 Å². The molecule has 0 aliphatic carbocycles. The molecule has 1 unspecified atom stereocenters. The van der Waals surface area contributed by atoms with E-state index in [1.165, 1.54) is 63.3 Å². The van der Waals surface area contributed by atoms with Crippen LogP contribution in [0.15, 0.2) is 215 Å². The molecule has 0 saturated heterocycles. The molecule has 5 heteroatoms. The summed E-state index contributed by atoms with van der Waals surface area (Å²) in [6.45, 7) is 2.29. The van der Waals surface area contributed by atoms with E-state index >= 15 is 0 Å². The zero-order chi connectivity index (χ0) is 43.5. The number of fused-ring (bicyclic) bond motifs is 13. The van der Waals surface area contributed by atoms with Crippen molar-refractivity contribution in [2.75, 3.05) is 0 Å². The van der Waals surface area contributed by atoms with Crippen molar-refractivity contribution in [2.24, 2.45) is 15.9 Å². The SMILES string of the molecule is CC1C/C=C(\c2ccc3c(c2)sc2ccccc23)N=C(c2ccc(-n3c4cc5ccccc5cc4c4c5ccccc5ccc43)c3oc4ccccc4c23)N=C1c1ccc2ccccc2c1. The molecule has 0 N–H and O–H groups in total. The highest BCUT2D eigenvalue weighted by Gasteiger charge is 2.25. The Morgan fingerprint density at radius 2 is 1.18 bits per heavy atom. The van der Waals surface area contributed by atoms with Crippen molar-refractivity contribution in [3.05, 3.63) is 217 Å². The van der Waals surface area contributed by atoms with Crippen LogP contribution >= 0.6 is 11.3 Å². The fourth-order valence-electron chi connectivity index (χ4n) is 10.6. The zero-order valence-electron chi connectivity index (χ0n) is 36.0. The van der Waals surface area contributed by atoms with Crippen molar-refractivity contribution in [2.45, 2.75) is 13.3 Å². The number of amidine groups is 1. The van der Waals surface area contributed by atoms with Gasteiger partial charge in [-0.3, -0.25) is 0 Å². The number of aromatic nitrogens is 1. The number of benzene rings is 10. The Morgan fingerprint density at radius 1 is 0.500 bits per heavy atom. The second-order valence-electron chi connectivity index (χ2n) is 17.7. The van der Waals surface area contributed by atoms with Crippen LogP contribution in [0.2, 0.25) is 0 Å². The van der Waals surface area contributed by atoms with Crippen molar-refractivity contribution in [1.29, 1.82) is 0 Å². The molecule has 4 nitrogen and oxygen atoms in total. The van der Waals surface area contributed by atoms with Crippen LogP contribution in [0, 0.1) is 5.92 Å². The van der Waals surface area contributed by atoms with Crippen molar-refractivity contribution in [3.63, 3.8) is 0 Å². The van der Waals surface area contributed by atoms with Gasteiger partial charge >= 0.3 is 0 Å². The fourth-order valence-corrected chi connectivity index (χ4v) is 11.7. The lowest BCUT2D eigenvalue weighted by Gasteiger charge is -2.19. The van der Waals surface area contributed by atoms with E-state index < -0.39 is 0 Å². The molecule has 3 aromatic heterocycles. The van der Waals surface area contributed by atoms with Crippen molar-refractivity contribution in [1.82, 2.24) is 4.57 Å². The Hall–Kier alpha value is -8.12. The monoisotopic (exact) mass is 861 g/mol. The van der Waals surface area contributed by atoms with Gasteiger partial charge in [-0.25, -0.2) is 9.98 Å². The lowest BCUT2D eigenvalue weighted by atomic mass is 9.92. The molecule has 1 atom stereocenters. The van der Waals surface area contributed by atoms with Gasteiger partial charge in [0.15, 0.2) is 11.4 Å². The van der Waals surface area contributed by atoms with Crippen LogP contribution in [-0.4, -0.2) is 16.1 Å². The van der Waals surface area contributed by atoms with Crippen LogP contribution in [0.3, 0.4) is 0 Å². The molecule has 310 valence electrons. The van der Waals surface area contributed by atoms with Crippen molar-refractivity contribution < 1.29 is 4.42 Å². The van der Waals surface area contributed by atoms with E-state index in [0.29, 0.717) is 5.84 Å². The number of rotatable bonds is 4. The Kier molecular flexibility index (Phi) is 8.16. The van der Waals surface area contributed by atoms with Crippen LogP contribution in [0.25, 0.3) is 108 Å². The molecule has 0 fully saturated rings. The van der Waals surface area contributed by atoms with Crippen LogP contribution in [0.4, 0.5) is 0 Å². The van der Waals surface area contributed by atoms with Gasteiger partial charge in [-0.1, -0.05) is 153 Å². The summed E-state index contributed by atoms with van der Waals surface area (Å²) in [6.07, 6.45) is 3.11. The highest BCUT2D eigenvalue weighted by atomic mass is 32.1. The lowest BCUT2D eigenvalue weighted by molar-refractivity contribution is 0.666. The standard InChI is InChI=1S/C61H39N3OS/c1-36-22-29-50(42-25-27-46-45-18-9-11-21-55(45)66-56(46)35-42)62-61(63-59(36)43-24-23-37-12-2-3-14-39(37)32-43)48-28-31-52(60-58(48)47-19-8-10-20-54(47)65-60)64-51-30-26-38-13-6-7-17-44(38)57(51)49-33-40-15-4-5-16-41(40)34-53(49)64/h2-21,23-36H,22H2,1H3/b50-29+,62-61?,63-59?. The molecule has 10 aromatic carbocycles. The summed E-state index contributed by atoms with van der Waals surface area (Å²) in [6, 6.07) is 70.2. The van der Waals surface area contributed by atoms with Gasteiger partial charge in [0.1, 0.15) is 5.58 Å². The van der Waals surface area contributed by atoms with E-state index in [2.05, 4.69) is 212 Å². The van der Waals surface area contributed by atoms with E-state index in [4.69, 9.17) is 14.4 Å². The molecule has 4 heterocycles. The van der Waals surface area contributed by atoms with Gasteiger partial charge in [0.2, 0.25) is 0 Å². The Labute approximate surface area is 383 Å². The second kappa shape index (κ2) is 14.4. The Balaban J connectivity index is 1.05. The van der Waals surface area contributed by atoms with E-state index in [0.717, 1.165) is 73.2 Å². The molecular weight excluding hydrogens is 823 g/mol. The van der Waals surface area contributed by atoms with Gasteiger partial charge in [0.05, 0.1) is 28.1 Å². The quantitative estimate of drug-likeness (QED) is 0.174. The third-order valence-corrected chi connectivity index (χ3v) is 14.9. The van der Waals surface area contributed by atoms with Crippen molar-refractivity contribution >= 4 is 125 Å². The summed E-state index contributed by atoms with van der Waals surface area (Å²) in [5.74, 6) is 0.771. The number of hydrogen-bond acceptors (Lipinski definition) is 4. The van der Waals surface area contributed by atoms with Crippen LogP contribution < -0.4 is 0 Å². The van der Waals surface area contributed by atoms with Gasteiger partial charge in [-0.2, -0.15) is 0 Å². The number of aliphatic imine (C=N–C) groups is 2. The van der Waals surface area contributed by atoms with Gasteiger partial charge in [-0.05, 0) is 98.9 Å². The molecule has 0 saturated carbocycles. The molecule has 0 amide bonds. The van der Waals surface area contributed by atoms with E-state index in [1.807, 2.05) is 11.3 Å². The number of hydrogen-bond donors (Lipinski definition) is 0. The van der Waals surface area contributed by atoms with Crippen LogP contribution in [-0.2, 0) is 0 Å². The van der Waals surface area contributed by atoms with Gasteiger partial charge < -0.3 is 8.98 Å². The van der Waals surface area contributed by atoms with E-state index in [1.54, 1.807) is 0 Å². The first-order chi connectivity index (χ1) is 32.6. The minimum Gasteiger partial charge on any atom is -0.454 e. The molecule has 13 aromatic rings. The van der Waals surface area contributed by atoms with Crippen LogP contribution in [0.5, 0.6) is 0 Å². The summed E-state index contributed by atoms with van der Waals surface area (Å²) in [5.41, 5.74) is 9.90. The smallest absolute Gasteiger partial charge is 0.160 e. The number of allylic oxidation sites excluding steroid dienone is 1. The molecule has 0 spiro atoms. The first-order valence-electron chi connectivity index (χ1n) is 22.7.